The summed E-state index contributed by atoms with van der Waals surface area (Å²) in [4.78, 5) is 15.3. The summed E-state index contributed by atoms with van der Waals surface area (Å²) in [5.41, 5.74) is 0. The van der Waals surface area contributed by atoms with Crippen LogP contribution in [0.5, 0.6) is 0 Å². The smallest absolute Gasteiger partial charge is 0.241 e. The Bertz CT molecular complexity index is 364. The van der Waals surface area contributed by atoms with Gasteiger partial charge in [-0.15, -0.1) is 0 Å². The maximum Gasteiger partial charge on any atom is 0.241 e. The molecule has 3 nitrogen and oxygen atoms in total. The Morgan fingerprint density at radius 3 is 2.52 bits per heavy atom. The first-order valence-electron chi connectivity index (χ1n) is 9.30. The maximum absolute atomic E-state index is 13.0. The molecule has 0 radical (unpaired) electrons. The molecule has 4 atom stereocenters. The molecule has 1 aliphatic heterocycles. The number of carbonyl (C=O) groups excluding carboxylic acids is 1. The summed E-state index contributed by atoms with van der Waals surface area (Å²) in [6, 6.07) is 0.602. The predicted molar refractivity (Wildman–Crippen MR) is 85.8 cm³/mol. The molecular weight excluding hydrogens is 260 g/mol. The molecule has 0 aromatic carbocycles. The van der Waals surface area contributed by atoms with Gasteiger partial charge < -0.3 is 4.90 Å². The Hall–Kier alpha value is -0.570. The molecule has 2 aliphatic carbocycles. The van der Waals surface area contributed by atoms with Crippen LogP contribution in [0.25, 0.3) is 0 Å². The molecule has 3 aliphatic rings. The van der Waals surface area contributed by atoms with Crippen molar-refractivity contribution in [2.24, 2.45) is 11.8 Å². The quantitative estimate of drug-likeness (QED) is 0.838. The highest BCUT2D eigenvalue weighted by Gasteiger charge is 2.47. The van der Waals surface area contributed by atoms with Gasteiger partial charge in [0.1, 0.15) is 0 Å². The fourth-order valence-electron chi connectivity index (χ4n) is 4.83. The Morgan fingerprint density at radius 2 is 1.90 bits per heavy atom. The zero-order valence-corrected chi connectivity index (χ0v) is 13.8. The Balaban J connectivity index is 1.76. The first-order valence-corrected chi connectivity index (χ1v) is 9.30. The summed E-state index contributed by atoms with van der Waals surface area (Å²) in [5, 5.41) is 3.74. The largest absolute Gasteiger partial charge is 0.322 e. The second-order valence-electron chi connectivity index (χ2n) is 7.57. The van der Waals surface area contributed by atoms with Crippen LogP contribution in [0.1, 0.15) is 78.1 Å². The Labute approximate surface area is 129 Å². The number of unbranched alkanes of at least 4 members (excludes halogenated alkanes) is 1. The molecule has 21 heavy (non-hydrogen) atoms. The summed E-state index contributed by atoms with van der Waals surface area (Å²) >= 11 is 0. The Kier molecular flexibility index (Phi) is 4.88. The lowest BCUT2D eigenvalue weighted by atomic mass is 9.99. The van der Waals surface area contributed by atoms with E-state index in [1.54, 1.807) is 0 Å². The number of nitrogens with one attached hydrogen (secondary N) is 1. The number of amides is 1. The Morgan fingerprint density at radius 1 is 1.14 bits per heavy atom. The van der Waals surface area contributed by atoms with E-state index in [2.05, 4.69) is 24.1 Å². The van der Waals surface area contributed by atoms with Crippen LogP contribution in [0.2, 0.25) is 0 Å². The molecule has 0 aromatic heterocycles. The van der Waals surface area contributed by atoms with E-state index in [-0.39, 0.29) is 6.04 Å². The average Bonchev–Trinajstić information content (AvgIpc) is 3.18. The summed E-state index contributed by atoms with van der Waals surface area (Å²) in [6.07, 6.45) is 12.8. The van der Waals surface area contributed by atoms with E-state index in [0.29, 0.717) is 30.0 Å². The van der Waals surface area contributed by atoms with Gasteiger partial charge in [-0.25, -0.2) is 0 Å². The van der Waals surface area contributed by atoms with E-state index < -0.39 is 0 Å². The van der Waals surface area contributed by atoms with E-state index in [1.807, 2.05) is 0 Å². The fourth-order valence-corrected chi connectivity index (χ4v) is 4.83. The van der Waals surface area contributed by atoms with Gasteiger partial charge >= 0.3 is 0 Å². The minimum atomic E-state index is 0.100. The molecule has 0 aromatic rings. The molecule has 1 N–H and O–H groups in total. The van der Waals surface area contributed by atoms with Gasteiger partial charge in [-0.3, -0.25) is 10.1 Å². The number of carbonyl (C=O) groups is 1. The van der Waals surface area contributed by atoms with Crippen LogP contribution in [0.15, 0.2) is 0 Å². The lowest BCUT2D eigenvalue weighted by Gasteiger charge is -2.36. The van der Waals surface area contributed by atoms with Gasteiger partial charge in [0.25, 0.3) is 0 Å². The number of hydrogen-bond acceptors (Lipinski definition) is 2. The molecule has 4 unspecified atom stereocenters. The average molecular weight is 292 g/mol. The van der Waals surface area contributed by atoms with Crippen molar-refractivity contribution < 1.29 is 4.79 Å². The van der Waals surface area contributed by atoms with Crippen molar-refractivity contribution in [1.82, 2.24) is 10.2 Å². The fraction of sp³-hybridized carbons (Fsp3) is 0.944. The van der Waals surface area contributed by atoms with Crippen LogP contribution in [0.4, 0.5) is 0 Å². The van der Waals surface area contributed by atoms with E-state index >= 15 is 0 Å². The number of hydrogen-bond donors (Lipinski definition) is 1. The molecule has 3 rings (SSSR count). The first kappa shape index (κ1) is 15.3. The van der Waals surface area contributed by atoms with Crippen LogP contribution in [0.3, 0.4) is 0 Å². The van der Waals surface area contributed by atoms with Crippen molar-refractivity contribution in [1.29, 1.82) is 0 Å². The third-order valence-corrected chi connectivity index (χ3v) is 6.09. The van der Waals surface area contributed by atoms with Crippen LogP contribution in [-0.4, -0.2) is 29.1 Å². The molecule has 1 heterocycles. The highest BCUT2D eigenvalue weighted by Crippen LogP contribution is 2.38. The molecule has 1 saturated heterocycles. The van der Waals surface area contributed by atoms with Gasteiger partial charge in [-0.1, -0.05) is 46.0 Å². The zero-order valence-electron chi connectivity index (χ0n) is 13.8. The summed E-state index contributed by atoms with van der Waals surface area (Å²) < 4.78 is 0. The third-order valence-electron chi connectivity index (χ3n) is 6.09. The normalized spacial score (nSPS) is 37.8. The second-order valence-corrected chi connectivity index (χ2v) is 7.57. The molecule has 120 valence electrons. The predicted octanol–water partition coefficient (Wildman–Crippen LogP) is 3.68. The lowest BCUT2D eigenvalue weighted by molar-refractivity contribution is -0.133. The van der Waals surface area contributed by atoms with Gasteiger partial charge in [0.15, 0.2) is 0 Å². The van der Waals surface area contributed by atoms with Gasteiger partial charge in [0, 0.05) is 6.04 Å². The van der Waals surface area contributed by atoms with Crippen LogP contribution >= 0.6 is 0 Å². The van der Waals surface area contributed by atoms with Gasteiger partial charge in [-0.2, -0.15) is 0 Å². The SMILES string of the molecule is CCCCC1NC(C2CCCC2)N(C2CCCC2C)C1=O. The van der Waals surface area contributed by atoms with Gasteiger partial charge in [0.05, 0.1) is 12.2 Å². The van der Waals surface area contributed by atoms with Gasteiger partial charge in [-0.05, 0) is 43.9 Å². The first-order chi connectivity index (χ1) is 10.2. The van der Waals surface area contributed by atoms with Crippen molar-refractivity contribution in [2.75, 3.05) is 0 Å². The zero-order chi connectivity index (χ0) is 14.8. The summed E-state index contributed by atoms with van der Waals surface area (Å²) in [6.45, 7) is 4.56. The maximum atomic E-state index is 13.0. The van der Waals surface area contributed by atoms with E-state index in [4.69, 9.17) is 0 Å². The van der Waals surface area contributed by atoms with Gasteiger partial charge in [0.2, 0.25) is 5.91 Å². The summed E-state index contributed by atoms with van der Waals surface area (Å²) in [5.74, 6) is 1.80. The van der Waals surface area contributed by atoms with Crippen LogP contribution < -0.4 is 5.32 Å². The molecular formula is C18H32N2O. The summed E-state index contributed by atoms with van der Waals surface area (Å²) in [7, 11) is 0. The monoisotopic (exact) mass is 292 g/mol. The minimum absolute atomic E-state index is 0.100. The molecule has 3 heteroatoms. The topological polar surface area (TPSA) is 32.3 Å². The minimum Gasteiger partial charge on any atom is -0.322 e. The van der Waals surface area contributed by atoms with Crippen LogP contribution in [-0.2, 0) is 4.79 Å². The molecule has 0 bridgehead atoms. The standard InChI is InChI=1S/C18H32N2O/c1-3-4-11-15-18(21)20(16-12-7-8-13(16)2)17(19-15)14-9-5-6-10-14/h13-17,19H,3-12H2,1-2H3. The highest BCUT2D eigenvalue weighted by molar-refractivity contribution is 5.84. The number of nitrogens with zero attached hydrogens (tertiary/aromatic N) is 1. The lowest BCUT2D eigenvalue weighted by Crippen LogP contribution is -2.49. The molecule has 1 amide bonds. The van der Waals surface area contributed by atoms with Crippen molar-refractivity contribution in [3.8, 4) is 0 Å². The van der Waals surface area contributed by atoms with Crippen molar-refractivity contribution >= 4 is 5.91 Å². The van der Waals surface area contributed by atoms with E-state index in [0.717, 1.165) is 12.8 Å². The number of rotatable bonds is 5. The molecule has 3 fully saturated rings. The van der Waals surface area contributed by atoms with Crippen molar-refractivity contribution in [3.05, 3.63) is 0 Å². The molecule has 0 spiro atoms. The molecule has 2 saturated carbocycles. The highest BCUT2D eigenvalue weighted by atomic mass is 16.2. The second kappa shape index (κ2) is 6.68. The third kappa shape index (κ3) is 2.99. The van der Waals surface area contributed by atoms with Crippen molar-refractivity contribution in [3.63, 3.8) is 0 Å². The van der Waals surface area contributed by atoms with Crippen LogP contribution in [0, 0.1) is 11.8 Å². The van der Waals surface area contributed by atoms with E-state index in [1.165, 1.54) is 51.4 Å². The van der Waals surface area contributed by atoms with Crippen molar-refractivity contribution in [2.45, 2.75) is 96.3 Å². The van der Waals surface area contributed by atoms with E-state index in [9.17, 15) is 4.79 Å².